The van der Waals surface area contributed by atoms with E-state index in [-0.39, 0.29) is 36.5 Å². The standard InChI is InChI=1S/C22H32N2O4/c1-6-16-10-7-8-11-18(16)24-15-17(14-19(24)25)21(27)23(5)13-9-12-20(26)28-22(2,3)4/h7-8,10-11,17H,6,9,12-15H2,1-5H3. The van der Waals surface area contributed by atoms with E-state index in [2.05, 4.69) is 6.92 Å². The highest BCUT2D eigenvalue weighted by Crippen LogP contribution is 2.29. The molecule has 0 aromatic heterocycles. The number of benzene rings is 1. The zero-order valence-electron chi connectivity index (χ0n) is 17.7. The lowest BCUT2D eigenvalue weighted by Crippen LogP contribution is -2.35. The summed E-state index contributed by atoms with van der Waals surface area (Å²) in [6.07, 6.45) is 1.88. The van der Waals surface area contributed by atoms with Crippen molar-refractivity contribution >= 4 is 23.5 Å². The zero-order valence-corrected chi connectivity index (χ0v) is 17.7. The summed E-state index contributed by atoms with van der Waals surface area (Å²) < 4.78 is 5.29. The van der Waals surface area contributed by atoms with Gasteiger partial charge in [-0.1, -0.05) is 25.1 Å². The smallest absolute Gasteiger partial charge is 0.306 e. The lowest BCUT2D eigenvalue weighted by atomic mass is 10.1. The van der Waals surface area contributed by atoms with Gasteiger partial charge in [-0.15, -0.1) is 0 Å². The molecule has 1 aliphatic heterocycles. The number of esters is 1. The summed E-state index contributed by atoms with van der Waals surface area (Å²) in [6, 6.07) is 7.83. The van der Waals surface area contributed by atoms with Crippen LogP contribution in [0, 0.1) is 5.92 Å². The predicted molar refractivity (Wildman–Crippen MR) is 109 cm³/mol. The van der Waals surface area contributed by atoms with Gasteiger partial charge in [0.05, 0.1) is 5.92 Å². The molecule has 1 aromatic carbocycles. The third-order valence-corrected chi connectivity index (χ3v) is 4.81. The number of hydrogen-bond acceptors (Lipinski definition) is 4. The van der Waals surface area contributed by atoms with E-state index in [4.69, 9.17) is 4.74 Å². The molecule has 0 aliphatic carbocycles. The van der Waals surface area contributed by atoms with Crippen molar-refractivity contribution in [2.45, 2.75) is 59.0 Å². The monoisotopic (exact) mass is 388 g/mol. The number of ether oxygens (including phenoxy) is 1. The van der Waals surface area contributed by atoms with Crippen molar-refractivity contribution in [3.63, 3.8) is 0 Å². The maximum absolute atomic E-state index is 12.8. The molecule has 0 saturated carbocycles. The van der Waals surface area contributed by atoms with Crippen LogP contribution in [0.15, 0.2) is 24.3 Å². The van der Waals surface area contributed by atoms with E-state index in [1.807, 2.05) is 45.0 Å². The maximum Gasteiger partial charge on any atom is 0.306 e. The Labute approximate surface area is 167 Å². The normalized spacial score (nSPS) is 17.0. The van der Waals surface area contributed by atoms with E-state index < -0.39 is 5.60 Å². The van der Waals surface area contributed by atoms with E-state index in [0.717, 1.165) is 17.7 Å². The number of aryl methyl sites for hydroxylation is 1. The molecular formula is C22H32N2O4. The molecule has 6 heteroatoms. The molecule has 28 heavy (non-hydrogen) atoms. The molecule has 1 saturated heterocycles. The van der Waals surface area contributed by atoms with Gasteiger partial charge in [0.15, 0.2) is 0 Å². The van der Waals surface area contributed by atoms with E-state index in [1.165, 1.54) is 0 Å². The highest BCUT2D eigenvalue weighted by molar-refractivity contribution is 6.00. The number of anilines is 1. The van der Waals surface area contributed by atoms with E-state index >= 15 is 0 Å². The van der Waals surface area contributed by atoms with Crippen molar-refractivity contribution in [3.05, 3.63) is 29.8 Å². The van der Waals surface area contributed by atoms with Gasteiger partial charge in [0, 0.05) is 38.7 Å². The topological polar surface area (TPSA) is 66.9 Å². The van der Waals surface area contributed by atoms with Gasteiger partial charge in [-0.2, -0.15) is 0 Å². The fourth-order valence-electron chi connectivity index (χ4n) is 3.45. The average Bonchev–Trinajstić information content (AvgIpc) is 3.00. The van der Waals surface area contributed by atoms with Gasteiger partial charge in [-0.05, 0) is 45.2 Å². The minimum atomic E-state index is -0.499. The van der Waals surface area contributed by atoms with Gasteiger partial charge in [0.1, 0.15) is 5.60 Å². The summed E-state index contributed by atoms with van der Waals surface area (Å²) in [6.45, 7) is 8.43. The molecule has 2 amide bonds. The summed E-state index contributed by atoms with van der Waals surface area (Å²) >= 11 is 0. The lowest BCUT2D eigenvalue weighted by molar-refractivity contribution is -0.155. The minimum absolute atomic E-state index is 0.0126. The van der Waals surface area contributed by atoms with Crippen LogP contribution in [0.1, 0.15) is 52.5 Å². The second-order valence-electron chi connectivity index (χ2n) is 8.34. The highest BCUT2D eigenvalue weighted by atomic mass is 16.6. The Balaban J connectivity index is 1.89. The Hall–Kier alpha value is -2.37. The first-order valence-corrected chi connectivity index (χ1v) is 9.97. The van der Waals surface area contributed by atoms with Crippen LogP contribution >= 0.6 is 0 Å². The molecule has 0 spiro atoms. The lowest BCUT2D eigenvalue weighted by Gasteiger charge is -2.23. The molecule has 1 aliphatic rings. The van der Waals surface area contributed by atoms with Crippen LogP contribution in [0.2, 0.25) is 0 Å². The van der Waals surface area contributed by atoms with Crippen LogP contribution in [0.4, 0.5) is 5.69 Å². The van der Waals surface area contributed by atoms with E-state index in [9.17, 15) is 14.4 Å². The predicted octanol–water partition coefficient (Wildman–Crippen LogP) is 3.18. The van der Waals surface area contributed by atoms with Crippen LogP contribution in [-0.4, -0.2) is 48.4 Å². The number of rotatable bonds is 7. The molecule has 2 rings (SSSR count). The third-order valence-electron chi connectivity index (χ3n) is 4.81. The van der Waals surface area contributed by atoms with Crippen molar-refractivity contribution in [1.82, 2.24) is 4.90 Å². The zero-order chi connectivity index (χ0) is 20.9. The fourth-order valence-corrected chi connectivity index (χ4v) is 3.45. The van der Waals surface area contributed by atoms with E-state index in [0.29, 0.717) is 19.5 Å². The number of hydrogen-bond donors (Lipinski definition) is 0. The summed E-state index contributed by atoms with van der Waals surface area (Å²) in [5.74, 6) is -0.661. The number of nitrogens with zero attached hydrogens (tertiary/aromatic N) is 2. The van der Waals surface area contributed by atoms with Gasteiger partial charge in [-0.25, -0.2) is 0 Å². The van der Waals surface area contributed by atoms with Gasteiger partial charge < -0.3 is 14.5 Å². The number of carbonyl (C=O) groups is 3. The second kappa shape index (κ2) is 9.22. The Morgan fingerprint density at radius 3 is 2.57 bits per heavy atom. The summed E-state index contributed by atoms with van der Waals surface area (Å²) in [5.41, 5.74) is 1.51. The van der Waals surface area contributed by atoms with E-state index in [1.54, 1.807) is 16.8 Å². The van der Waals surface area contributed by atoms with Crippen LogP contribution in [-0.2, 0) is 25.5 Å². The number of para-hydroxylation sites is 1. The third kappa shape index (κ3) is 5.81. The molecule has 1 unspecified atom stereocenters. The fraction of sp³-hybridized carbons (Fsp3) is 0.591. The molecular weight excluding hydrogens is 356 g/mol. The van der Waals surface area contributed by atoms with Crippen LogP contribution in [0.25, 0.3) is 0 Å². The first-order valence-electron chi connectivity index (χ1n) is 9.97. The Morgan fingerprint density at radius 2 is 1.93 bits per heavy atom. The summed E-state index contributed by atoms with van der Waals surface area (Å²) in [7, 11) is 1.73. The van der Waals surface area contributed by atoms with Crippen LogP contribution < -0.4 is 4.90 Å². The van der Waals surface area contributed by atoms with Crippen molar-refractivity contribution in [3.8, 4) is 0 Å². The quantitative estimate of drug-likeness (QED) is 0.673. The van der Waals surface area contributed by atoms with Crippen molar-refractivity contribution in [2.24, 2.45) is 5.92 Å². The van der Waals surface area contributed by atoms with Crippen LogP contribution in [0.5, 0.6) is 0 Å². The second-order valence-corrected chi connectivity index (χ2v) is 8.34. The van der Waals surface area contributed by atoms with Gasteiger partial charge in [0.25, 0.3) is 0 Å². The first kappa shape index (κ1) is 21.9. The molecule has 1 heterocycles. The molecule has 6 nitrogen and oxygen atoms in total. The molecule has 1 aromatic rings. The highest BCUT2D eigenvalue weighted by Gasteiger charge is 2.37. The van der Waals surface area contributed by atoms with Gasteiger partial charge in [-0.3, -0.25) is 14.4 Å². The minimum Gasteiger partial charge on any atom is -0.460 e. The molecule has 1 atom stereocenters. The number of carbonyl (C=O) groups excluding carboxylic acids is 3. The average molecular weight is 389 g/mol. The van der Waals surface area contributed by atoms with Crippen molar-refractivity contribution in [1.29, 1.82) is 0 Å². The summed E-state index contributed by atoms with van der Waals surface area (Å²) in [5, 5.41) is 0. The summed E-state index contributed by atoms with van der Waals surface area (Å²) in [4.78, 5) is 40.4. The Morgan fingerprint density at radius 1 is 1.25 bits per heavy atom. The Bertz CT molecular complexity index is 723. The van der Waals surface area contributed by atoms with Crippen LogP contribution in [0.3, 0.4) is 0 Å². The molecule has 0 N–H and O–H groups in total. The van der Waals surface area contributed by atoms with Crippen molar-refractivity contribution < 1.29 is 19.1 Å². The SMILES string of the molecule is CCc1ccccc1N1CC(C(=O)N(C)CCCC(=O)OC(C)(C)C)CC1=O. The maximum atomic E-state index is 12.8. The molecule has 1 fully saturated rings. The largest absolute Gasteiger partial charge is 0.460 e. The molecule has 0 radical (unpaired) electrons. The number of amides is 2. The first-order chi connectivity index (χ1) is 13.1. The van der Waals surface area contributed by atoms with Crippen molar-refractivity contribution in [2.75, 3.05) is 25.0 Å². The molecule has 0 bridgehead atoms. The van der Waals surface area contributed by atoms with Gasteiger partial charge >= 0.3 is 5.97 Å². The Kier molecular flexibility index (Phi) is 7.22. The van der Waals surface area contributed by atoms with Gasteiger partial charge in [0.2, 0.25) is 11.8 Å². The molecule has 154 valence electrons.